The molecule has 1 unspecified atom stereocenters. The smallest absolute Gasteiger partial charge is 0.296 e. The van der Waals surface area contributed by atoms with Gasteiger partial charge in [-0.05, 0) is 60.5 Å². The fraction of sp³-hybridized carbons (Fsp3) is 0.214. The minimum atomic E-state index is -0.830. The molecule has 1 aromatic heterocycles. The first kappa shape index (κ1) is 23.9. The molecule has 1 aliphatic rings. The number of aliphatic hydroxyl groups is 1. The molecule has 1 fully saturated rings. The highest BCUT2D eigenvalue weighted by Gasteiger charge is 2.46. The number of Topliss-reactive ketones (excluding diaryl/α,β-unsaturated/α-hetero) is 1. The molecule has 7 nitrogen and oxygen atoms in total. The number of amides is 1. The number of hydrogen-bond acceptors (Lipinski definition) is 6. The van der Waals surface area contributed by atoms with Gasteiger partial charge in [0.25, 0.3) is 11.7 Å². The van der Waals surface area contributed by atoms with Crippen LogP contribution >= 0.6 is 0 Å². The van der Waals surface area contributed by atoms with Crippen molar-refractivity contribution in [1.29, 1.82) is 0 Å². The maximum atomic E-state index is 13.2. The van der Waals surface area contributed by atoms with Crippen molar-refractivity contribution in [3.63, 3.8) is 0 Å². The highest BCUT2D eigenvalue weighted by atomic mass is 16.5. The Morgan fingerprint density at radius 2 is 1.89 bits per heavy atom. The highest BCUT2D eigenvalue weighted by molar-refractivity contribution is 6.46. The van der Waals surface area contributed by atoms with Gasteiger partial charge < -0.3 is 23.9 Å². The number of hydrogen-bond donors (Lipinski definition) is 1. The van der Waals surface area contributed by atoms with E-state index in [-0.39, 0.29) is 17.9 Å². The maximum absolute atomic E-state index is 13.2. The standard InChI is InChI=1S/C28H27NO6/c1-3-14-33-21-12-10-19(11-13-21)26(30)24-25(20-7-5-8-22(17-20)34-15-4-2)29(28(32)27(24)31)18-23-9-6-16-35-23/h4-13,16-17,25,30H,2-3,14-15,18H2,1H3/b26-24+. The van der Waals surface area contributed by atoms with Crippen LogP contribution in [-0.4, -0.2) is 34.9 Å². The Labute approximate surface area is 203 Å². The van der Waals surface area contributed by atoms with Gasteiger partial charge in [-0.3, -0.25) is 9.59 Å². The average Bonchev–Trinajstić information content (AvgIpc) is 3.48. The second-order valence-corrected chi connectivity index (χ2v) is 8.05. The Kier molecular flexibility index (Phi) is 7.35. The number of benzene rings is 2. The Bertz CT molecular complexity index is 1230. The van der Waals surface area contributed by atoms with Gasteiger partial charge in [0.1, 0.15) is 29.6 Å². The molecule has 1 atom stereocenters. The zero-order valence-corrected chi connectivity index (χ0v) is 19.5. The molecule has 2 aromatic carbocycles. The fourth-order valence-electron chi connectivity index (χ4n) is 3.97. The normalized spacial score (nSPS) is 16.9. The SMILES string of the molecule is C=CCOc1cccc(C2/C(=C(\O)c3ccc(OCCC)cc3)C(=O)C(=O)N2Cc2ccco2)c1. The second kappa shape index (κ2) is 10.8. The third-order valence-electron chi connectivity index (χ3n) is 5.59. The van der Waals surface area contributed by atoms with Crippen LogP contribution in [0.5, 0.6) is 11.5 Å². The van der Waals surface area contributed by atoms with Gasteiger partial charge in [0.2, 0.25) is 0 Å². The average molecular weight is 474 g/mol. The Morgan fingerprint density at radius 1 is 1.09 bits per heavy atom. The zero-order chi connectivity index (χ0) is 24.8. The Morgan fingerprint density at radius 3 is 2.57 bits per heavy atom. The summed E-state index contributed by atoms with van der Waals surface area (Å²) in [6, 6.07) is 16.5. The van der Waals surface area contributed by atoms with Crippen LogP contribution in [0.2, 0.25) is 0 Å². The van der Waals surface area contributed by atoms with Crippen molar-refractivity contribution >= 4 is 17.4 Å². The lowest BCUT2D eigenvalue weighted by molar-refractivity contribution is -0.140. The maximum Gasteiger partial charge on any atom is 0.296 e. The van der Waals surface area contributed by atoms with E-state index in [0.717, 1.165) is 6.42 Å². The topological polar surface area (TPSA) is 89.2 Å². The third kappa shape index (κ3) is 5.14. The minimum absolute atomic E-state index is 0.00431. The molecule has 0 aliphatic carbocycles. The number of furan rings is 1. The van der Waals surface area contributed by atoms with Gasteiger partial charge in [-0.15, -0.1) is 0 Å². The highest BCUT2D eigenvalue weighted by Crippen LogP contribution is 2.41. The summed E-state index contributed by atoms with van der Waals surface area (Å²) in [6.45, 7) is 6.63. The van der Waals surface area contributed by atoms with Gasteiger partial charge in [-0.1, -0.05) is 31.7 Å². The molecule has 0 saturated carbocycles. The predicted octanol–water partition coefficient (Wildman–Crippen LogP) is 5.26. The Hall–Kier alpha value is -4.26. The molecular weight excluding hydrogens is 446 g/mol. The van der Waals surface area contributed by atoms with Crippen LogP contribution in [-0.2, 0) is 16.1 Å². The first-order valence-corrected chi connectivity index (χ1v) is 11.4. The molecule has 0 bridgehead atoms. The summed E-state index contributed by atoms with van der Waals surface area (Å²) in [5, 5.41) is 11.2. The van der Waals surface area contributed by atoms with E-state index in [2.05, 4.69) is 6.58 Å². The van der Waals surface area contributed by atoms with Gasteiger partial charge in [0.05, 0.1) is 31.0 Å². The summed E-state index contributed by atoms with van der Waals surface area (Å²) in [5.41, 5.74) is 1.04. The summed E-state index contributed by atoms with van der Waals surface area (Å²) in [5.74, 6) is 0.00729. The van der Waals surface area contributed by atoms with Gasteiger partial charge in [-0.2, -0.15) is 0 Å². The van der Waals surface area contributed by atoms with E-state index in [1.807, 2.05) is 6.92 Å². The van der Waals surface area contributed by atoms with E-state index < -0.39 is 17.7 Å². The molecule has 35 heavy (non-hydrogen) atoms. The van der Waals surface area contributed by atoms with Crippen LogP contribution in [0.25, 0.3) is 5.76 Å². The summed E-state index contributed by atoms with van der Waals surface area (Å²) in [7, 11) is 0. The predicted molar refractivity (Wildman–Crippen MR) is 131 cm³/mol. The number of ketones is 1. The lowest BCUT2D eigenvalue weighted by Crippen LogP contribution is -2.29. The number of carbonyl (C=O) groups excluding carboxylic acids is 2. The van der Waals surface area contributed by atoms with Crippen molar-refractivity contribution in [3.05, 3.63) is 102 Å². The van der Waals surface area contributed by atoms with E-state index in [9.17, 15) is 14.7 Å². The molecule has 3 aromatic rings. The fourth-order valence-corrected chi connectivity index (χ4v) is 3.97. The van der Waals surface area contributed by atoms with Gasteiger partial charge in [-0.25, -0.2) is 0 Å². The molecule has 1 amide bonds. The van der Waals surface area contributed by atoms with Crippen LogP contribution in [0, 0.1) is 0 Å². The first-order valence-electron chi connectivity index (χ1n) is 11.4. The molecule has 0 spiro atoms. The van der Waals surface area contributed by atoms with Crippen molar-refractivity contribution in [1.82, 2.24) is 4.90 Å². The summed E-state index contributed by atoms with van der Waals surface area (Å²) in [4.78, 5) is 27.7. The summed E-state index contributed by atoms with van der Waals surface area (Å²) < 4.78 is 16.7. The lowest BCUT2D eigenvalue weighted by atomic mass is 9.95. The van der Waals surface area contributed by atoms with E-state index in [1.165, 1.54) is 11.2 Å². The summed E-state index contributed by atoms with van der Waals surface area (Å²) in [6.07, 6.45) is 4.01. The first-order chi connectivity index (χ1) is 17.0. The molecule has 7 heteroatoms. The van der Waals surface area contributed by atoms with Crippen molar-refractivity contribution in [2.24, 2.45) is 0 Å². The lowest BCUT2D eigenvalue weighted by Gasteiger charge is -2.25. The molecule has 0 radical (unpaired) electrons. The van der Waals surface area contributed by atoms with Gasteiger partial charge in [0, 0.05) is 5.56 Å². The number of likely N-dealkylation sites (tertiary alicyclic amines) is 1. The number of carbonyl (C=O) groups is 2. The number of ether oxygens (including phenoxy) is 2. The van der Waals surface area contributed by atoms with Crippen molar-refractivity contribution in [2.75, 3.05) is 13.2 Å². The third-order valence-corrected chi connectivity index (χ3v) is 5.59. The van der Waals surface area contributed by atoms with E-state index in [0.29, 0.717) is 41.6 Å². The monoisotopic (exact) mass is 473 g/mol. The van der Waals surface area contributed by atoms with E-state index >= 15 is 0 Å². The molecule has 1 aliphatic heterocycles. The molecular formula is C28H27NO6. The molecule has 4 rings (SSSR count). The van der Waals surface area contributed by atoms with E-state index in [4.69, 9.17) is 13.9 Å². The minimum Gasteiger partial charge on any atom is -0.507 e. The second-order valence-electron chi connectivity index (χ2n) is 8.05. The van der Waals surface area contributed by atoms with Crippen LogP contribution in [0.15, 0.2) is 89.6 Å². The van der Waals surface area contributed by atoms with Crippen LogP contribution in [0.1, 0.15) is 36.3 Å². The van der Waals surface area contributed by atoms with Crippen LogP contribution in [0.3, 0.4) is 0 Å². The van der Waals surface area contributed by atoms with Crippen molar-refractivity contribution in [2.45, 2.75) is 25.9 Å². The van der Waals surface area contributed by atoms with Crippen LogP contribution < -0.4 is 9.47 Å². The quantitative estimate of drug-likeness (QED) is 0.187. The molecule has 1 N–H and O–H groups in total. The van der Waals surface area contributed by atoms with Gasteiger partial charge >= 0.3 is 0 Å². The largest absolute Gasteiger partial charge is 0.507 e. The number of nitrogens with zero attached hydrogens (tertiary/aromatic N) is 1. The molecule has 1 saturated heterocycles. The summed E-state index contributed by atoms with van der Waals surface area (Å²) >= 11 is 0. The van der Waals surface area contributed by atoms with Crippen LogP contribution in [0.4, 0.5) is 0 Å². The molecule has 2 heterocycles. The van der Waals surface area contributed by atoms with Crippen molar-refractivity contribution in [3.8, 4) is 11.5 Å². The molecule has 180 valence electrons. The Balaban J connectivity index is 1.78. The van der Waals surface area contributed by atoms with E-state index in [1.54, 1.807) is 66.7 Å². The van der Waals surface area contributed by atoms with Gasteiger partial charge in [0.15, 0.2) is 0 Å². The number of aliphatic hydroxyl groups excluding tert-OH is 1. The number of rotatable bonds is 10. The zero-order valence-electron chi connectivity index (χ0n) is 19.5. The van der Waals surface area contributed by atoms with Crippen molar-refractivity contribution < 1.29 is 28.6 Å².